The fraction of sp³-hybridized carbons (Fsp3) is 0.412. The van der Waals surface area contributed by atoms with Crippen molar-refractivity contribution in [3.63, 3.8) is 0 Å². The molecule has 0 bridgehead atoms. The summed E-state index contributed by atoms with van der Waals surface area (Å²) in [6.07, 6.45) is 5.56. The molecule has 0 aromatic carbocycles. The van der Waals surface area contributed by atoms with Gasteiger partial charge in [-0.1, -0.05) is 5.16 Å². The number of aromatic nitrogens is 5. The summed E-state index contributed by atoms with van der Waals surface area (Å²) in [5.41, 5.74) is 0.766. The van der Waals surface area contributed by atoms with Crippen molar-refractivity contribution >= 4 is 17.4 Å². The maximum Gasteiger partial charge on any atom is 0.318 e. The van der Waals surface area contributed by atoms with Crippen LogP contribution in [0.1, 0.15) is 43.1 Å². The number of carbonyl (C=O) groups excluding carboxylic acids is 1. The molecule has 1 N–H and O–H groups in total. The van der Waals surface area contributed by atoms with E-state index in [0.29, 0.717) is 43.1 Å². The second kappa shape index (κ2) is 7.78. The molecule has 0 aliphatic heterocycles. The SMILES string of the molecule is CCN(Cc1noc(C2CC2)n1)C(=O)NCc1csc(-c2ncccn2)n1. The first kappa shape index (κ1) is 17.5. The maximum absolute atomic E-state index is 12.5. The van der Waals surface area contributed by atoms with Crippen LogP contribution >= 0.6 is 11.3 Å². The van der Waals surface area contributed by atoms with Gasteiger partial charge >= 0.3 is 6.03 Å². The molecular weight excluding hydrogens is 366 g/mol. The van der Waals surface area contributed by atoms with Crippen molar-refractivity contribution in [2.24, 2.45) is 0 Å². The minimum atomic E-state index is -0.194. The molecule has 1 fully saturated rings. The zero-order chi connectivity index (χ0) is 18.6. The van der Waals surface area contributed by atoms with Crippen LogP contribution < -0.4 is 5.32 Å². The van der Waals surface area contributed by atoms with Crippen molar-refractivity contribution in [3.8, 4) is 10.8 Å². The van der Waals surface area contributed by atoms with Crippen molar-refractivity contribution in [2.45, 2.75) is 38.8 Å². The van der Waals surface area contributed by atoms with Gasteiger partial charge in [-0.05, 0) is 25.8 Å². The van der Waals surface area contributed by atoms with E-state index >= 15 is 0 Å². The number of amides is 2. The molecule has 140 valence electrons. The number of nitrogens with zero attached hydrogens (tertiary/aromatic N) is 6. The first-order valence-electron chi connectivity index (χ1n) is 8.80. The fourth-order valence-corrected chi connectivity index (χ4v) is 3.27. The van der Waals surface area contributed by atoms with Crippen LogP contribution in [0.5, 0.6) is 0 Å². The third-order valence-corrected chi connectivity index (χ3v) is 5.03. The number of carbonyl (C=O) groups is 1. The Morgan fingerprint density at radius 3 is 2.89 bits per heavy atom. The molecule has 0 radical (unpaired) electrons. The summed E-state index contributed by atoms with van der Waals surface area (Å²) in [7, 11) is 0. The number of nitrogens with one attached hydrogen (secondary N) is 1. The minimum absolute atomic E-state index is 0.194. The van der Waals surface area contributed by atoms with Crippen LogP contribution in [0.4, 0.5) is 4.79 Å². The number of rotatable bonds is 7. The lowest BCUT2D eigenvalue weighted by atomic mass is 10.4. The van der Waals surface area contributed by atoms with Crippen LogP contribution in [0.25, 0.3) is 10.8 Å². The van der Waals surface area contributed by atoms with Gasteiger partial charge in [-0.3, -0.25) is 0 Å². The van der Waals surface area contributed by atoms with E-state index in [0.717, 1.165) is 23.5 Å². The predicted octanol–water partition coefficient (Wildman–Crippen LogP) is 2.59. The van der Waals surface area contributed by atoms with Gasteiger partial charge in [-0.15, -0.1) is 11.3 Å². The van der Waals surface area contributed by atoms with Crippen molar-refractivity contribution in [1.29, 1.82) is 0 Å². The third-order valence-electron chi connectivity index (χ3n) is 4.14. The highest BCUT2D eigenvalue weighted by Gasteiger charge is 2.30. The molecule has 0 unspecified atom stereocenters. The van der Waals surface area contributed by atoms with Crippen LogP contribution in [0.15, 0.2) is 28.4 Å². The van der Waals surface area contributed by atoms with Gasteiger partial charge in [0.2, 0.25) is 5.89 Å². The standard InChI is InChI=1S/C17H19N7O2S/c1-2-24(9-13-22-15(26-23-13)11-4-5-11)17(25)20-8-12-10-27-16(21-12)14-18-6-3-7-19-14/h3,6-7,10-11H,2,4-5,8-9H2,1H3,(H,20,25). The topological polar surface area (TPSA) is 110 Å². The van der Waals surface area contributed by atoms with E-state index < -0.39 is 0 Å². The van der Waals surface area contributed by atoms with Crippen molar-refractivity contribution in [2.75, 3.05) is 6.54 Å². The molecule has 3 aromatic rings. The van der Waals surface area contributed by atoms with Crippen molar-refractivity contribution in [3.05, 3.63) is 41.2 Å². The Labute approximate surface area is 159 Å². The van der Waals surface area contributed by atoms with Crippen molar-refractivity contribution < 1.29 is 9.32 Å². The molecule has 0 spiro atoms. The lowest BCUT2D eigenvalue weighted by Crippen LogP contribution is -2.39. The summed E-state index contributed by atoms with van der Waals surface area (Å²) < 4.78 is 5.25. The Morgan fingerprint density at radius 2 is 2.15 bits per heavy atom. The molecule has 0 atom stereocenters. The highest BCUT2D eigenvalue weighted by molar-refractivity contribution is 7.13. The van der Waals surface area contributed by atoms with Gasteiger partial charge in [0.15, 0.2) is 16.7 Å². The van der Waals surface area contributed by atoms with Gasteiger partial charge < -0.3 is 14.7 Å². The first-order chi connectivity index (χ1) is 13.2. The Hall–Kier alpha value is -2.88. The molecule has 1 aliphatic carbocycles. The largest absolute Gasteiger partial charge is 0.339 e. The predicted molar refractivity (Wildman–Crippen MR) is 97.7 cm³/mol. The van der Waals surface area contributed by atoms with E-state index in [1.54, 1.807) is 23.4 Å². The Bertz CT molecular complexity index is 907. The van der Waals surface area contributed by atoms with E-state index in [1.165, 1.54) is 11.3 Å². The summed E-state index contributed by atoms with van der Waals surface area (Å²) in [4.78, 5) is 31.3. The van der Waals surface area contributed by atoms with E-state index in [-0.39, 0.29) is 6.03 Å². The highest BCUT2D eigenvalue weighted by Crippen LogP contribution is 2.38. The Balaban J connectivity index is 1.32. The van der Waals surface area contributed by atoms with E-state index in [2.05, 4.69) is 30.4 Å². The number of hydrogen-bond donors (Lipinski definition) is 1. The molecule has 3 heterocycles. The molecule has 27 heavy (non-hydrogen) atoms. The molecule has 1 saturated carbocycles. The fourth-order valence-electron chi connectivity index (χ4n) is 2.50. The maximum atomic E-state index is 12.5. The number of thiazole rings is 1. The summed E-state index contributed by atoms with van der Waals surface area (Å²) >= 11 is 1.45. The van der Waals surface area contributed by atoms with Gasteiger partial charge in [0.1, 0.15) is 0 Å². The van der Waals surface area contributed by atoms with Gasteiger partial charge in [0.05, 0.1) is 18.8 Å². The highest BCUT2D eigenvalue weighted by atomic mass is 32.1. The summed E-state index contributed by atoms with van der Waals surface area (Å²) in [6, 6.07) is 1.57. The molecule has 4 rings (SSSR count). The normalized spacial score (nSPS) is 13.5. The second-order valence-corrected chi connectivity index (χ2v) is 7.07. The zero-order valence-electron chi connectivity index (χ0n) is 14.8. The van der Waals surface area contributed by atoms with Gasteiger partial charge in [-0.25, -0.2) is 19.7 Å². The summed E-state index contributed by atoms with van der Waals surface area (Å²) in [5.74, 6) is 2.20. The summed E-state index contributed by atoms with van der Waals surface area (Å²) in [5, 5.41) is 9.47. The smallest absolute Gasteiger partial charge is 0.318 e. The Morgan fingerprint density at radius 1 is 1.33 bits per heavy atom. The zero-order valence-corrected chi connectivity index (χ0v) is 15.6. The average Bonchev–Trinajstić information content (AvgIpc) is 3.26. The third kappa shape index (κ3) is 4.27. The quantitative estimate of drug-likeness (QED) is 0.665. The monoisotopic (exact) mass is 385 g/mol. The van der Waals surface area contributed by atoms with Crippen LogP contribution in [-0.4, -0.2) is 42.6 Å². The Kier molecular flexibility index (Phi) is 5.05. The number of urea groups is 1. The second-order valence-electron chi connectivity index (χ2n) is 6.21. The van der Waals surface area contributed by atoms with Crippen LogP contribution in [0.3, 0.4) is 0 Å². The van der Waals surface area contributed by atoms with Crippen LogP contribution in [0.2, 0.25) is 0 Å². The van der Waals surface area contributed by atoms with E-state index in [4.69, 9.17) is 4.52 Å². The molecule has 1 aliphatic rings. The lowest BCUT2D eigenvalue weighted by molar-refractivity contribution is 0.195. The molecule has 9 nitrogen and oxygen atoms in total. The molecular formula is C17H19N7O2S. The van der Waals surface area contributed by atoms with Gasteiger partial charge in [0, 0.05) is 30.2 Å². The van der Waals surface area contributed by atoms with Crippen molar-refractivity contribution in [1.82, 2.24) is 35.3 Å². The van der Waals surface area contributed by atoms with Crippen LogP contribution in [0, 0.1) is 0 Å². The minimum Gasteiger partial charge on any atom is -0.339 e. The average molecular weight is 385 g/mol. The molecule has 2 amide bonds. The molecule has 0 saturated heterocycles. The molecule has 3 aromatic heterocycles. The van der Waals surface area contributed by atoms with Crippen LogP contribution in [-0.2, 0) is 13.1 Å². The number of hydrogen-bond acceptors (Lipinski definition) is 8. The first-order valence-corrected chi connectivity index (χ1v) is 9.68. The van der Waals surface area contributed by atoms with E-state index in [9.17, 15) is 4.79 Å². The summed E-state index contributed by atoms with van der Waals surface area (Å²) in [6.45, 7) is 3.10. The van der Waals surface area contributed by atoms with Gasteiger partial charge in [-0.2, -0.15) is 4.98 Å². The molecule has 10 heteroatoms. The van der Waals surface area contributed by atoms with E-state index in [1.807, 2.05) is 12.3 Å². The lowest BCUT2D eigenvalue weighted by Gasteiger charge is -2.19. The van der Waals surface area contributed by atoms with Gasteiger partial charge in [0.25, 0.3) is 0 Å².